The molecule has 0 fully saturated rings. The summed E-state index contributed by atoms with van der Waals surface area (Å²) in [6, 6.07) is 26.1. The highest BCUT2D eigenvalue weighted by Crippen LogP contribution is 2.53. The molecule has 1 aliphatic heterocycles. The summed E-state index contributed by atoms with van der Waals surface area (Å²) in [6.45, 7) is 20.0. The lowest BCUT2D eigenvalue weighted by molar-refractivity contribution is 0.0498. The minimum absolute atomic E-state index is 0.216. The van der Waals surface area contributed by atoms with Gasteiger partial charge in [-0.25, -0.2) is 9.37 Å². The first-order chi connectivity index (χ1) is 29.3. The van der Waals surface area contributed by atoms with Gasteiger partial charge in [0.05, 0.1) is 18.2 Å². The number of unbranched alkanes of at least 4 members (excludes halogenated alkanes) is 15. The van der Waals surface area contributed by atoms with Gasteiger partial charge in [-0.05, 0) is 98.3 Å². The van der Waals surface area contributed by atoms with Gasteiger partial charge in [-0.15, -0.1) is 0 Å². The molecule has 3 aliphatic rings. The molecule has 0 bridgehead atoms. The quantitative estimate of drug-likeness (QED) is 0.0269. The molecule has 5 nitrogen and oxygen atoms in total. The number of carbonyl (C=O) groups excluding carboxylic acids is 1. The normalized spacial score (nSPS) is 12.8. The van der Waals surface area contributed by atoms with Crippen LogP contribution >= 0.6 is 0 Å². The third-order valence-corrected chi connectivity index (χ3v) is 13.4. The average Bonchev–Trinajstić information content (AvgIpc) is 3.48. The van der Waals surface area contributed by atoms with Crippen molar-refractivity contribution in [2.45, 2.75) is 157 Å². The van der Waals surface area contributed by atoms with Crippen LogP contribution in [-0.4, -0.2) is 38.8 Å². The molecule has 6 rings (SSSR count). The molecule has 322 valence electrons. The predicted octanol–water partition coefficient (Wildman–Crippen LogP) is 14.6. The highest BCUT2D eigenvalue weighted by molar-refractivity contribution is 6.09. The first kappa shape index (κ1) is 45.2. The SMILES string of the molecule is CCCCCCCCCCCCCCCCCCOC(=O)c1ccccc1-c1c2ccc(=[N+](CC)CC)cc-2oc2cc3c(cc12)C(C)(C)c1cc(N(CC)CC)ccc1-3. The maximum absolute atomic E-state index is 14.0. The van der Waals surface area contributed by atoms with Gasteiger partial charge in [0, 0.05) is 46.8 Å². The zero-order valence-electron chi connectivity index (χ0n) is 38.4. The summed E-state index contributed by atoms with van der Waals surface area (Å²) in [5.41, 5.74) is 10.5. The number of anilines is 1. The Labute approximate surface area is 362 Å². The summed E-state index contributed by atoms with van der Waals surface area (Å²) >= 11 is 0. The number of benzene rings is 4. The molecule has 2 aliphatic carbocycles. The summed E-state index contributed by atoms with van der Waals surface area (Å²) in [6.07, 6.45) is 21.1. The molecular weight excluding hydrogens is 737 g/mol. The third kappa shape index (κ3) is 10.4. The van der Waals surface area contributed by atoms with Crippen molar-refractivity contribution in [3.05, 3.63) is 94.8 Å². The molecule has 60 heavy (non-hydrogen) atoms. The summed E-state index contributed by atoms with van der Waals surface area (Å²) in [7, 11) is 0. The third-order valence-electron chi connectivity index (χ3n) is 13.4. The van der Waals surface area contributed by atoms with Crippen molar-refractivity contribution in [3.63, 3.8) is 0 Å². The first-order valence-electron chi connectivity index (χ1n) is 24.1. The van der Waals surface area contributed by atoms with E-state index in [1.807, 2.05) is 18.2 Å². The van der Waals surface area contributed by atoms with Crippen LogP contribution in [0.3, 0.4) is 0 Å². The molecule has 0 radical (unpaired) electrons. The van der Waals surface area contributed by atoms with Gasteiger partial charge in [0.1, 0.15) is 24.4 Å². The minimum atomic E-state index is -0.258. The van der Waals surface area contributed by atoms with Crippen LogP contribution in [0.2, 0.25) is 0 Å². The molecule has 0 atom stereocenters. The number of fused-ring (bicyclic) bond motifs is 5. The van der Waals surface area contributed by atoms with Crippen molar-refractivity contribution < 1.29 is 13.9 Å². The zero-order chi connectivity index (χ0) is 42.5. The van der Waals surface area contributed by atoms with E-state index in [4.69, 9.17) is 9.15 Å². The van der Waals surface area contributed by atoms with Gasteiger partial charge >= 0.3 is 5.97 Å². The van der Waals surface area contributed by atoms with E-state index in [1.54, 1.807) is 0 Å². The number of hydrogen-bond acceptors (Lipinski definition) is 4. The summed E-state index contributed by atoms with van der Waals surface area (Å²) in [4.78, 5) is 16.4. The Morgan fingerprint density at radius 3 is 1.82 bits per heavy atom. The van der Waals surface area contributed by atoms with Crippen molar-refractivity contribution in [1.29, 1.82) is 0 Å². The zero-order valence-corrected chi connectivity index (χ0v) is 38.4. The van der Waals surface area contributed by atoms with Crippen molar-refractivity contribution in [3.8, 4) is 33.6 Å². The second-order valence-electron chi connectivity index (χ2n) is 17.7. The number of carbonyl (C=O) groups is 1. The van der Waals surface area contributed by atoms with E-state index in [2.05, 4.69) is 113 Å². The molecule has 0 saturated heterocycles. The van der Waals surface area contributed by atoms with E-state index in [-0.39, 0.29) is 11.4 Å². The fourth-order valence-corrected chi connectivity index (χ4v) is 9.73. The Bertz CT molecular complexity index is 2200. The summed E-state index contributed by atoms with van der Waals surface area (Å²) < 4.78 is 15.3. The molecule has 1 heterocycles. The lowest BCUT2D eigenvalue weighted by atomic mass is 9.81. The van der Waals surface area contributed by atoms with Crippen molar-refractivity contribution in [2.24, 2.45) is 0 Å². The highest BCUT2D eigenvalue weighted by atomic mass is 16.5. The van der Waals surface area contributed by atoms with Crippen molar-refractivity contribution in [1.82, 2.24) is 4.58 Å². The second-order valence-corrected chi connectivity index (χ2v) is 17.7. The van der Waals surface area contributed by atoms with Gasteiger partial charge < -0.3 is 14.1 Å². The Morgan fingerprint density at radius 2 is 1.20 bits per heavy atom. The van der Waals surface area contributed by atoms with Crippen LogP contribution < -0.4 is 14.8 Å². The van der Waals surface area contributed by atoms with E-state index >= 15 is 0 Å². The van der Waals surface area contributed by atoms with E-state index < -0.39 is 0 Å². The topological polar surface area (TPSA) is 45.7 Å². The van der Waals surface area contributed by atoms with Crippen molar-refractivity contribution in [2.75, 3.05) is 37.7 Å². The first-order valence-corrected chi connectivity index (χ1v) is 24.1. The Hall–Kier alpha value is -4.38. The van der Waals surface area contributed by atoms with Gasteiger partial charge in [-0.3, -0.25) is 0 Å². The lowest BCUT2D eigenvalue weighted by Gasteiger charge is -2.26. The number of rotatable bonds is 24. The van der Waals surface area contributed by atoms with E-state index in [9.17, 15) is 4.79 Å². The number of nitrogens with zero attached hydrogens (tertiary/aromatic N) is 2. The fourth-order valence-electron chi connectivity index (χ4n) is 9.73. The smallest absolute Gasteiger partial charge is 0.338 e. The van der Waals surface area contributed by atoms with Crippen LogP contribution in [0.15, 0.2) is 77.2 Å². The molecule has 3 aromatic carbocycles. The fraction of sp³-hybridized carbons (Fsp3) is 0.527. The lowest BCUT2D eigenvalue weighted by Crippen LogP contribution is -2.29. The molecule has 5 heteroatoms. The molecule has 0 amide bonds. The van der Waals surface area contributed by atoms with E-state index in [0.29, 0.717) is 12.2 Å². The highest BCUT2D eigenvalue weighted by Gasteiger charge is 2.37. The molecule has 3 aromatic rings. The van der Waals surface area contributed by atoms with Crippen LogP contribution in [0.25, 0.3) is 44.5 Å². The number of esters is 1. The number of ether oxygens (including phenoxy) is 1. The monoisotopic (exact) mass is 812 g/mol. The second kappa shape index (κ2) is 21.9. The van der Waals surface area contributed by atoms with E-state index in [0.717, 1.165) is 77.8 Å². The van der Waals surface area contributed by atoms with Crippen LogP contribution in [0.4, 0.5) is 5.69 Å². The molecule has 0 unspecified atom stereocenters. The molecular formula is C55H75N2O3+. The largest absolute Gasteiger partial charge is 0.462 e. The molecule has 0 aromatic heterocycles. The average molecular weight is 812 g/mol. The van der Waals surface area contributed by atoms with Gasteiger partial charge in [0.25, 0.3) is 0 Å². The van der Waals surface area contributed by atoms with Gasteiger partial charge in [0.2, 0.25) is 5.36 Å². The van der Waals surface area contributed by atoms with Crippen LogP contribution in [-0.2, 0) is 10.2 Å². The molecule has 0 N–H and O–H groups in total. The van der Waals surface area contributed by atoms with Crippen LogP contribution in [0.1, 0.15) is 173 Å². The molecule has 0 saturated carbocycles. The van der Waals surface area contributed by atoms with Gasteiger partial charge in [-0.2, -0.15) is 0 Å². The Balaban J connectivity index is 1.19. The maximum Gasteiger partial charge on any atom is 0.338 e. The standard InChI is InChI=1S/C55H75N2O3/c1-8-13-14-15-16-17-18-19-20-21-22-23-24-25-26-29-36-59-54(58)45-31-28-27-30-44(45)53-46-35-33-42(57(11-4)12-5)38-51(46)60-52-40-47-43-34-32-41(56(9-2)10-3)37-49(43)55(6,7)50(47)39-48(52)53/h27-28,30-35,37-40H,8-26,29,36H2,1-7H3/q+1. The Morgan fingerprint density at radius 1 is 0.617 bits per heavy atom. The van der Waals surface area contributed by atoms with Crippen LogP contribution in [0.5, 0.6) is 0 Å². The van der Waals surface area contributed by atoms with E-state index in [1.165, 1.54) is 118 Å². The van der Waals surface area contributed by atoms with Crippen molar-refractivity contribution >= 4 is 22.6 Å². The summed E-state index contributed by atoms with van der Waals surface area (Å²) in [5.74, 6) is 0.554. The maximum atomic E-state index is 14.0. The Kier molecular flexibility index (Phi) is 16.5. The molecule has 0 spiro atoms. The van der Waals surface area contributed by atoms with Crippen LogP contribution in [0, 0.1) is 0 Å². The van der Waals surface area contributed by atoms with Gasteiger partial charge in [-0.1, -0.05) is 141 Å². The minimum Gasteiger partial charge on any atom is -0.462 e. The van der Waals surface area contributed by atoms with Gasteiger partial charge in [0.15, 0.2) is 0 Å². The number of hydrogen-bond donors (Lipinski definition) is 0. The predicted molar refractivity (Wildman–Crippen MR) is 256 cm³/mol. The summed E-state index contributed by atoms with van der Waals surface area (Å²) in [5, 5.41) is 2.14.